The molecule has 5 aromatic carbocycles. The van der Waals surface area contributed by atoms with Crippen molar-refractivity contribution in [1.82, 2.24) is 0 Å². The van der Waals surface area contributed by atoms with Crippen LogP contribution in [-0.2, 0) is 19.3 Å². The van der Waals surface area contributed by atoms with E-state index >= 15 is 0 Å². The van der Waals surface area contributed by atoms with Crippen LogP contribution in [0.3, 0.4) is 0 Å². The Labute approximate surface area is 206 Å². The van der Waals surface area contributed by atoms with Gasteiger partial charge in [0.1, 0.15) is 0 Å². The minimum atomic E-state index is 0.207. The van der Waals surface area contributed by atoms with E-state index in [4.69, 9.17) is 4.74 Å². The van der Waals surface area contributed by atoms with Gasteiger partial charge in [-0.05, 0) is 70.3 Å². The van der Waals surface area contributed by atoms with E-state index in [-0.39, 0.29) is 5.75 Å². The SMILES string of the molecule is Oc1ccc(-c2ccc(Cc3ccccc3)c(Cc3ccccc3)c2Cc2ccccc2)c2c1O2. The summed E-state index contributed by atoms with van der Waals surface area (Å²) in [5.41, 5.74) is 10.1. The first-order valence-corrected chi connectivity index (χ1v) is 12.1. The number of phenolic OH excluding ortho intramolecular Hbond substituents is 1. The van der Waals surface area contributed by atoms with E-state index < -0.39 is 0 Å². The van der Waals surface area contributed by atoms with E-state index in [1.54, 1.807) is 6.07 Å². The molecule has 0 spiro atoms. The fourth-order valence-corrected chi connectivity index (χ4v) is 4.95. The summed E-state index contributed by atoms with van der Waals surface area (Å²) >= 11 is 0. The standard InChI is InChI=1S/C33H26O2/c34-31-19-18-28(32-33(31)35-32)27-17-16-26(20-23-10-4-1-5-11-23)29(21-24-12-6-2-7-13-24)30(27)22-25-14-8-3-9-15-25/h1-19,34H,20-22H2. The van der Waals surface area contributed by atoms with Crippen molar-refractivity contribution in [3.8, 4) is 28.4 Å². The van der Waals surface area contributed by atoms with Crippen molar-refractivity contribution in [1.29, 1.82) is 0 Å². The molecule has 1 aliphatic rings. The van der Waals surface area contributed by atoms with Gasteiger partial charge in [0.15, 0.2) is 11.5 Å². The van der Waals surface area contributed by atoms with E-state index in [1.165, 1.54) is 38.9 Å². The summed E-state index contributed by atoms with van der Waals surface area (Å²) in [6.45, 7) is 0. The van der Waals surface area contributed by atoms with Gasteiger partial charge >= 0.3 is 0 Å². The summed E-state index contributed by atoms with van der Waals surface area (Å²) in [5.74, 6) is 1.60. The van der Waals surface area contributed by atoms with Gasteiger partial charge in [-0.2, -0.15) is 0 Å². The lowest BCUT2D eigenvalue weighted by atomic mass is 9.84. The minimum absolute atomic E-state index is 0.207. The van der Waals surface area contributed by atoms with Gasteiger partial charge in [-0.15, -0.1) is 0 Å². The number of hydrogen-bond donors (Lipinski definition) is 1. The Morgan fingerprint density at radius 1 is 0.457 bits per heavy atom. The molecule has 6 rings (SSSR count). The highest BCUT2D eigenvalue weighted by atomic mass is 16.6. The van der Waals surface area contributed by atoms with Gasteiger partial charge in [-0.1, -0.05) is 103 Å². The number of ether oxygens (including phenoxy) is 1. The summed E-state index contributed by atoms with van der Waals surface area (Å²) in [6, 6.07) is 40.3. The number of hydrogen-bond acceptors (Lipinski definition) is 2. The molecule has 2 nitrogen and oxygen atoms in total. The van der Waals surface area contributed by atoms with Crippen LogP contribution < -0.4 is 4.74 Å². The molecule has 35 heavy (non-hydrogen) atoms. The third-order valence-corrected chi connectivity index (χ3v) is 6.76. The number of phenols is 1. The molecule has 1 heterocycles. The summed E-state index contributed by atoms with van der Waals surface area (Å²) in [6.07, 6.45) is 2.58. The molecule has 0 radical (unpaired) electrons. The Bertz CT molecular complexity index is 1470. The molecule has 0 saturated heterocycles. The molecular weight excluding hydrogens is 428 g/mol. The second kappa shape index (κ2) is 9.15. The van der Waals surface area contributed by atoms with E-state index in [0.29, 0.717) is 5.75 Å². The lowest BCUT2D eigenvalue weighted by molar-refractivity contribution is 0.463. The fourth-order valence-electron chi connectivity index (χ4n) is 4.95. The van der Waals surface area contributed by atoms with Crippen LogP contribution in [0.15, 0.2) is 115 Å². The largest absolute Gasteiger partial charge is 0.504 e. The van der Waals surface area contributed by atoms with Crippen LogP contribution in [0.25, 0.3) is 11.1 Å². The summed E-state index contributed by atoms with van der Waals surface area (Å²) in [7, 11) is 0. The van der Waals surface area contributed by atoms with E-state index in [9.17, 15) is 5.11 Å². The van der Waals surface area contributed by atoms with Crippen molar-refractivity contribution in [2.75, 3.05) is 0 Å². The smallest absolute Gasteiger partial charge is 0.212 e. The van der Waals surface area contributed by atoms with Gasteiger partial charge in [0.25, 0.3) is 0 Å². The average molecular weight is 455 g/mol. The molecule has 0 aliphatic carbocycles. The van der Waals surface area contributed by atoms with Gasteiger partial charge in [0, 0.05) is 5.56 Å². The molecule has 170 valence electrons. The van der Waals surface area contributed by atoms with E-state index in [2.05, 4.69) is 103 Å². The normalized spacial score (nSPS) is 11.5. The number of rotatable bonds is 7. The maximum Gasteiger partial charge on any atom is 0.212 e. The summed E-state index contributed by atoms with van der Waals surface area (Å²) < 4.78 is 5.69. The highest BCUT2D eigenvalue weighted by molar-refractivity contribution is 5.85. The van der Waals surface area contributed by atoms with Crippen molar-refractivity contribution >= 4 is 0 Å². The van der Waals surface area contributed by atoms with Gasteiger partial charge in [0.2, 0.25) is 5.75 Å². The monoisotopic (exact) mass is 454 g/mol. The third kappa shape index (κ3) is 4.43. The molecule has 0 unspecified atom stereocenters. The molecule has 0 bridgehead atoms. The van der Waals surface area contributed by atoms with Gasteiger partial charge in [0.05, 0.1) is 0 Å². The van der Waals surface area contributed by atoms with Crippen molar-refractivity contribution < 1.29 is 9.84 Å². The molecule has 0 fully saturated rings. The lowest BCUT2D eigenvalue weighted by Crippen LogP contribution is -2.06. The van der Waals surface area contributed by atoms with Crippen LogP contribution >= 0.6 is 0 Å². The Morgan fingerprint density at radius 3 is 1.57 bits per heavy atom. The van der Waals surface area contributed by atoms with Crippen LogP contribution in [0.1, 0.15) is 33.4 Å². The van der Waals surface area contributed by atoms with Crippen LogP contribution in [0.2, 0.25) is 0 Å². The Hall–Kier alpha value is -4.30. The topological polar surface area (TPSA) is 32.8 Å². The van der Waals surface area contributed by atoms with E-state index in [1.807, 2.05) is 6.07 Å². The molecule has 1 N–H and O–H groups in total. The zero-order chi connectivity index (χ0) is 23.6. The van der Waals surface area contributed by atoms with Crippen LogP contribution in [-0.4, -0.2) is 5.11 Å². The van der Waals surface area contributed by atoms with Gasteiger partial charge in [-0.25, -0.2) is 0 Å². The van der Waals surface area contributed by atoms with Crippen LogP contribution in [0, 0.1) is 0 Å². The predicted octanol–water partition coefficient (Wildman–Crippen LogP) is 7.94. The zero-order valence-electron chi connectivity index (χ0n) is 19.4. The first-order valence-electron chi connectivity index (χ1n) is 12.1. The third-order valence-electron chi connectivity index (χ3n) is 6.76. The molecule has 2 heteroatoms. The average Bonchev–Trinajstić information content (AvgIpc) is 3.71. The Morgan fingerprint density at radius 2 is 0.971 bits per heavy atom. The Balaban J connectivity index is 1.54. The quantitative estimate of drug-likeness (QED) is 0.248. The second-order valence-electron chi connectivity index (χ2n) is 9.11. The van der Waals surface area contributed by atoms with Crippen molar-refractivity contribution in [2.24, 2.45) is 0 Å². The molecule has 1 aliphatic heterocycles. The summed E-state index contributed by atoms with van der Waals surface area (Å²) in [4.78, 5) is 0. The first kappa shape index (κ1) is 21.2. The highest BCUT2D eigenvalue weighted by Gasteiger charge is 2.31. The maximum absolute atomic E-state index is 10.1. The minimum Gasteiger partial charge on any atom is -0.504 e. The number of aromatic hydroxyl groups is 1. The van der Waals surface area contributed by atoms with E-state index in [0.717, 1.165) is 30.6 Å². The highest BCUT2D eigenvalue weighted by Crippen LogP contribution is 2.58. The number of fused-ring (bicyclic) bond motifs is 1. The molecular formula is C33H26O2. The molecule has 0 atom stereocenters. The second-order valence-corrected chi connectivity index (χ2v) is 9.11. The van der Waals surface area contributed by atoms with Crippen molar-refractivity contribution in [3.05, 3.63) is 149 Å². The fraction of sp³-hybridized carbons (Fsp3) is 0.0909. The molecule has 0 aromatic heterocycles. The Kier molecular flexibility index (Phi) is 5.56. The van der Waals surface area contributed by atoms with Crippen LogP contribution in [0.4, 0.5) is 0 Å². The lowest BCUT2D eigenvalue weighted by Gasteiger charge is -2.20. The zero-order valence-corrected chi connectivity index (χ0v) is 19.4. The maximum atomic E-state index is 10.1. The molecule has 0 amide bonds. The molecule has 0 saturated carbocycles. The van der Waals surface area contributed by atoms with Gasteiger partial charge in [-0.3, -0.25) is 0 Å². The predicted molar refractivity (Wildman–Crippen MR) is 141 cm³/mol. The first-order chi connectivity index (χ1) is 17.3. The van der Waals surface area contributed by atoms with Crippen molar-refractivity contribution in [2.45, 2.75) is 19.3 Å². The van der Waals surface area contributed by atoms with Gasteiger partial charge < -0.3 is 9.84 Å². The van der Waals surface area contributed by atoms with Crippen molar-refractivity contribution in [3.63, 3.8) is 0 Å². The summed E-state index contributed by atoms with van der Waals surface area (Å²) in [5, 5.41) is 10.1. The molecule has 5 aromatic rings. The van der Waals surface area contributed by atoms with Crippen LogP contribution in [0.5, 0.6) is 17.2 Å². The number of benzene rings is 5.